The summed E-state index contributed by atoms with van der Waals surface area (Å²) in [4.78, 5) is 55.9. The number of carbonyl (C=O) groups excluding carboxylic acids is 3. The van der Waals surface area contributed by atoms with Crippen LogP contribution < -0.4 is 5.73 Å². The first-order valence-corrected chi connectivity index (χ1v) is 11.4. The third-order valence-corrected chi connectivity index (χ3v) is 5.87. The van der Waals surface area contributed by atoms with E-state index in [1.807, 2.05) is 0 Å². The van der Waals surface area contributed by atoms with E-state index in [-0.39, 0.29) is 22.6 Å². The highest BCUT2D eigenvalue weighted by Gasteiger charge is 2.45. The SMILES string of the molecule is Nc1ncnc2c1ncn2[C@@H]1O[C@H](COP(=O)(O)OC(=O)/C=C/C2=CC(=O)C(=O)C=C2)[C@@H](O)[C@H]1O. The summed E-state index contributed by atoms with van der Waals surface area (Å²) in [5.41, 5.74) is 6.39. The molecule has 1 fully saturated rings. The fraction of sp³-hybridized carbons (Fsp3) is 0.263. The zero-order chi connectivity index (χ0) is 25.3. The van der Waals surface area contributed by atoms with Crippen LogP contribution in [0.25, 0.3) is 11.2 Å². The van der Waals surface area contributed by atoms with Gasteiger partial charge in [0, 0.05) is 6.08 Å². The largest absolute Gasteiger partial charge is 0.529 e. The van der Waals surface area contributed by atoms with Gasteiger partial charge in [-0.1, -0.05) is 6.08 Å². The molecule has 1 aliphatic carbocycles. The molecule has 184 valence electrons. The summed E-state index contributed by atoms with van der Waals surface area (Å²) in [7, 11) is -4.95. The van der Waals surface area contributed by atoms with Crippen LogP contribution in [0.5, 0.6) is 0 Å². The Morgan fingerprint density at radius 2 is 1.97 bits per heavy atom. The average Bonchev–Trinajstić information content (AvgIpc) is 3.35. The molecule has 2 aliphatic rings. The van der Waals surface area contributed by atoms with Crippen molar-refractivity contribution in [1.82, 2.24) is 19.5 Å². The molecule has 5 atom stereocenters. The number of nitrogens with zero attached hydrogens (tertiary/aromatic N) is 4. The second-order valence-corrected chi connectivity index (χ2v) is 8.72. The highest BCUT2D eigenvalue weighted by atomic mass is 31.2. The molecule has 16 heteroatoms. The number of imidazole rings is 1. The number of phosphoric acid groups is 1. The Kier molecular flexibility index (Phi) is 6.71. The van der Waals surface area contributed by atoms with Gasteiger partial charge in [-0.2, -0.15) is 0 Å². The summed E-state index contributed by atoms with van der Waals surface area (Å²) in [5.74, 6) is -2.69. The van der Waals surface area contributed by atoms with Gasteiger partial charge in [0.15, 0.2) is 17.7 Å². The predicted octanol–water partition coefficient (Wildman–Crippen LogP) is -1.12. The topological polar surface area (TPSA) is 226 Å². The highest BCUT2D eigenvalue weighted by Crippen LogP contribution is 2.44. The van der Waals surface area contributed by atoms with E-state index >= 15 is 0 Å². The molecule has 2 aromatic rings. The van der Waals surface area contributed by atoms with Gasteiger partial charge < -0.3 is 25.2 Å². The summed E-state index contributed by atoms with van der Waals surface area (Å²) < 4.78 is 28.1. The predicted molar refractivity (Wildman–Crippen MR) is 114 cm³/mol. The second-order valence-electron chi connectivity index (χ2n) is 7.34. The van der Waals surface area contributed by atoms with Crippen LogP contribution in [0.3, 0.4) is 0 Å². The minimum absolute atomic E-state index is 0.0923. The lowest BCUT2D eigenvalue weighted by molar-refractivity contribution is -0.131. The highest BCUT2D eigenvalue weighted by molar-refractivity contribution is 7.48. The van der Waals surface area contributed by atoms with Crippen molar-refractivity contribution in [3.63, 3.8) is 0 Å². The molecule has 2 aromatic heterocycles. The van der Waals surface area contributed by atoms with Crippen LogP contribution in [-0.4, -0.2) is 77.1 Å². The fourth-order valence-electron chi connectivity index (χ4n) is 3.28. The van der Waals surface area contributed by atoms with Crippen molar-refractivity contribution in [3.05, 3.63) is 48.6 Å². The number of aromatic nitrogens is 4. The second kappa shape index (κ2) is 9.58. The van der Waals surface area contributed by atoms with E-state index in [0.717, 1.165) is 24.3 Å². The molecule has 5 N–H and O–H groups in total. The number of hydrogen-bond donors (Lipinski definition) is 4. The standard InChI is InChI=1S/C19H18N5O10P/c20-17-14-18(22-7-21-17)24(8-23-14)19-16(29)15(28)12(33-19)6-32-35(30,31)34-13(27)4-2-9-1-3-10(25)11(26)5-9/h1-5,7-8,12,15-16,19,28-29H,6H2,(H,30,31)(H2,20,21,22)/b4-2+/t12-,15-,16-,19-/m1/s1. The minimum Gasteiger partial charge on any atom is -0.387 e. The van der Waals surface area contributed by atoms with Gasteiger partial charge in [0.05, 0.1) is 12.9 Å². The zero-order valence-corrected chi connectivity index (χ0v) is 18.5. The summed E-state index contributed by atoms with van der Waals surface area (Å²) in [6.07, 6.45) is 2.04. The molecule has 1 saturated heterocycles. The van der Waals surface area contributed by atoms with Gasteiger partial charge in [-0.25, -0.2) is 24.3 Å². The molecular formula is C19H18N5O10P. The Morgan fingerprint density at radius 3 is 2.71 bits per heavy atom. The first kappa shape index (κ1) is 24.5. The quantitative estimate of drug-likeness (QED) is 0.151. The summed E-state index contributed by atoms with van der Waals surface area (Å²) in [6, 6.07) is 0. The van der Waals surface area contributed by atoms with Crippen molar-refractivity contribution in [2.45, 2.75) is 24.5 Å². The molecule has 0 spiro atoms. The molecule has 1 unspecified atom stereocenters. The number of anilines is 1. The number of nitrogens with two attached hydrogens (primary N) is 1. The number of carbonyl (C=O) groups is 3. The molecular weight excluding hydrogens is 489 g/mol. The molecule has 0 amide bonds. The fourth-order valence-corrected chi connectivity index (χ4v) is 3.96. The molecule has 0 saturated carbocycles. The summed E-state index contributed by atoms with van der Waals surface area (Å²) in [5, 5.41) is 20.7. The Labute approximate surface area is 195 Å². The molecule has 35 heavy (non-hydrogen) atoms. The van der Waals surface area contributed by atoms with Crippen molar-refractivity contribution >= 4 is 42.3 Å². The lowest BCUT2D eigenvalue weighted by Gasteiger charge is -2.17. The number of fused-ring (bicyclic) bond motifs is 1. The van der Waals surface area contributed by atoms with Crippen molar-refractivity contribution in [1.29, 1.82) is 0 Å². The van der Waals surface area contributed by atoms with E-state index < -0.39 is 56.5 Å². The maximum atomic E-state index is 12.1. The van der Waals surface area contributed by atoms with Crippen LogP contribution in [0.1, 0.15) is 6.23 Å². The van der Waals surface area contributed by atoms with Crippen molar-refractivity contribution in [3.8, 4) is 0 Å². The Bertz CT molecular complexity index is 1330. The lowest BCUT2D eigenvalue weighted by Crippen LogP contribution is -2.33. The molecule has 4 rings (SSSR count). The van der Waals surface area contributed by atoms with Crippen LogP contribution in [0.2, 0.25) is 0 Å². The molecule has 0 radical (unpaired) electrons. The average molecular weight is 507 g/mol. The van der Waals surface area contributed by atoms with E-state index in [1.165, 1.54) is 23.3 Å². The molecule has 0 bridgehead atoms. The van der Waals surface area contributed by atoms with Crippen LogP contribution in [0, 0.1) is 0 Å². The smallest absolute Gasteiger partial charge is 0.387 e. The van der Waals surface area contributed by atoms with Crippen LogP contribution in [-0.2, 0) is 32.7 Å². The number of hydrogen-bond acceptors (Lipinski definition) is 13. The van der Waals surface area contributed by atoms with Gasteiger partial charge in [-0.3, -0.25) is 23.6 Å². The van der Waals surface area contributed by atoms with Crippen molar-refractivity contribution < 1.29 is 47.8 Å². The third-order valence-electron chi connectivity index (χ3n) is 4.99. The Balaban J connectivity index is 1.36. The summed E-state index contributed by atoms with van der Waals surface area (Å²) in [6.45, 7) is -0.728. The number of aliphatic hydroxyl groups is 2. The minimum atomic E-state index is -4.95. The normalized spacial score (nSPS) is 26.3. The lowest BCUT2D eigenvalue weighted by atomic mass is 10.1. The van der Waals surface area contributed by atoms with Crippen molar-refractivity contribution in [2.75, 3.05) is 12.3 Å². The number of allylic oxidation sites excluding steroid dienone is 5. The van der Waals surface area contributed by atoms with E-state index in [4.69, 9.17) is 15.0 Å². The molecule has 1 aliphatic heterocycles. The van der Waals surface area contributed by atoms with Gasteiger partial charge in [-0.05, 0) is 23.8 Å². The Morgan fingerprint density at radius 1 is 1.20 bits per heavy atom. The number of nitrogen functional groups attached to an aromatic ring is 1. The molecule has 0 aromatic carbocycles. The zero-order valence-electron chi connectivity index (χ0n) is 17.6. The first-order chi connectivity index (χ1) is 16.6. The maximum Gasteiger partial charge on any atom is 0.529 e. The van der Waals surface area contributed by atoms with E-state index in [2.05, 4.69) is 19.5 Å². The van der Waals surface area contributed by atoms with Gasteiger partial charge in [0.2, 0.25) is 11.6 Å². The van der Waals surface area contributed by atoms with Crippen LogP contribution >= 0.6 is 7.82 Å². The van der Waals surface area contributed by atoms with E-state index in [1.54, 1.807) is 0 Å². The number of phosphoric ester groups is 1. The van der Waals surface area contributed by atoms with Crippen molar-refractivity contribution in [2.24, 2.45) is 0 Å². The Hall–Kier alpha value is -3.59. The maximum absolute atomic E-state index is 12.1. The molecule has 15 nitrogen and oxygen atoms in total. The van der Waals surface area contributed by atoms with Crippen LogP contribution in [0.4, 0.5) is 5.82 Å². The number of aliphatic hydroxyl groups excluding tert-OH is 2. The number of ether oxygens (including phenoxy) is 1. The van der Waals surface area contributed by atoms with Gasteiger partial charge in [0.1, 0.15) is 30.2 Å². The molecule has 3 heterocycles. The van der Waals surface area contributed by atoms with E-state index in [0.29, 0.717) is 0 Å². The van der Waals surface area contributed by atoms with Gasteiger partial charge in [0.25, 0.3) is 0 Å². The first-order valence-electron chi connectivity index (χ1n) is 9.87. The van der Waals surface area contributed by atoms with E-state index in [9.17, 15) is 34.1 Å². The summed E-state index contributed by atoms with van der Waals surface area (Å²) >= 11 is 0. The monoisotopic (exact) mass is 507 g/mol. The number of ketones is 2. The third kappa shape index (κ3) is 5.24. The van der Waals surface area contributed by atoms with Crippen LogP contribution in [0.15, 0.2) is 48.6 Å². The number of rotatable bonds is 7. The van der Waals surface area contributed by atoms with Gasteiger partial charge >= 0.3 is 13.8 Å². The van der Waals surface area contributed by atoms with Gasteiger partial charge in [-0.15, -0.1) is 0 Å².